The van der Waals surface area contributed by atoms with Crippen LogP contribution in [0, 0.1) is 6.92 Å². The van der Waals surface area contributed by atoms with E-state index in [0.717, 1.165) is 35.7 Å². The summed E-state index contributed by atoms with van der Waals surface area (Å²) in [6.45, 7) is 6.60. The second-order valence-corrected chi connectivity index (χ2v) is 6.69. The third-order valence-electron chi connectivity index (χ3n) is 4.93. The average molecular weight is 372 g/mol. The highest BCUT2D eigenvalue weighted by Crippen LogP contribution is 2.34. The number of para-hydroxylation sites is 2. The highest BCUT2D eigenvalue weighted by Gasteiger charge is 2.28. The number of rotatable bonds is 7. The molecule has 0 spiro atoms. The molecule has 1 aromatic carbocycles. The minimum atomic E-state index is 0.0383. The number of hydrogen-bond donors (Lipinski definition) is 0. The number of nitrogens with zero attached hydrogens (tertiary/aromatic N) is 4. The Morgan fingerprint density at radius 2 is 1.96 bits per heavy atom. The quantitative estimate of drug-likeness (QED) is 0.696. The molecule has 1 aliphatic rings. The first kappa shape index (κ1) is 19.4. The van der Waals surface area contributed by atoms with Crippen molar-refractivity contribution >= 4 is 11.6 Å². The molecule has 146 valence electrons. The molecular weight excluding hydrogens is 344 g/mol. The van der Waals surface area contributed by atoms with Gasteiger partial charge in [0.2, 0.25) is 5.95 Å². The lowest BCUT2D eigenvalue weighted by Crippen LogP contribution is -2.48. The normalized spacial score (nSPS) is 14.3. The summed E-state index contributed by atoms with van der Waals surface area (Å²) in [6.07, 6.45) is 1.58. The smallest absolute Gasteiger partial charge is 0.259 e. The number of methoxy groups -OCH3 is 2. The Balaban J connectivity index is 2.08. The van der Waals surface area contributed by atoms with Gasteiger partial charge in [0.25, 0.3) is 5.56 Å². The van der Waals surface area contributed by atoms with Crippen molar-refractivity contribution in [2.75, 3.05) is 38.9 Å². The van der Waals surface area contributed by atoms with Gasteiger partial charge in [0, 0.05) is 31.5 Å². The van der Waals surface area contributed by atoms with Crippen LogP contribution in [0.25, 0.3) is 0 Å². The van der Waals surface area contributed by atoms with Gasteiger partial charge in [-0.2, -0.15) is 0 Å². The van der Waals surface area contributed by atoms with Crippen LogP contribution in [-0.2, 0) is 17.8 Å². The van der Waals surface area contributed by atoms with Crippen LogP contribution in [0.15, 0.2) is 29.1 Å². The van der Waals surface area contributed by atoms with E-state index in [2.05, 4.69) is 9.80 Å². The van der Waals surface area contributed by atoms with E-state index in [1.807, 2.05) is 38.1 Å². The van der Waals surface area contributed by atoms with Crippen LogP contribution in [0.5, 0.6) is 5.75 Å². The molecular formula is C20H28N4O3. The molecule has 7 nitrogen and oxygen atoms in total. The molecule has 0 amide bonds. The molecule has 3 rings (SSSR count). The van der Waals surface area contributed by atoms with E-state index in [1.165, 1.54) is 0 Å². The molecule has 1 aromatic heterocycles. The van der Waals surface area contributed by atoms with E-state index in [0.29, 0.717) is 32.3 Å². The summed E-state index contributed by atoms with van der Waals surface area (Å²) in [5.74, 6) is 1.43. The molecule has 0 fully saturated rings. The van der Waals surface area contributed by atoms with Crippen LogP contribution >= 0.6 is 0 Å². The van der Waals surface area contributed by atoms with Crippen molar-refractivity contribution in [1.29, 1.82) is 0 Å². The van der Waals surface area contributed by atoms with Gasteiger partial charge in [-0.3, -0.25) is 19.2 Å². The summed E-state index contributed by atoms with van der Waals surface area (Å²) >= 11 is 0. The van der Waals surface area contributed by atoms with E-state index < -0.39 is 0 Å². The largest absolute Gasteiger partial charge is 0.495 e. The fraction of sp³-hybridized carbons (Fsp3) is 0.500. The Kier molecular flexibility index (Phi) is 6.13. The third-order valence-corrected chi connectivity index (χ3v) is 4.93. The van der Waals surface area contributed by atoms with Crippen LogP contribution in [0.4, 0.5) is 11.6 Å². The minimum Gasteiger partial charge on any atom is -0.495 e. The lowest BCUT2D eigenvalue weighted by molar-refractivity contribution is 0.149. The first-order valence-electron chi connectivity index (χ1n) is 9.32. The third kappa shape index (κ3) is 3.84. The first-order valence-corrected chi connectivity index (χ1v) is 9.32. The lowest BCUT2D eigenvalue weighted by atomic mass is 10.2. The van der Waals surface area contributed by atoms with Gasteiger partial charge in [0.05, 0.1) is 26.1 Å². The zero-order valence-electron chi connectivity index (χ0n) is 16.6. The summed E-state index contributed by atoms with van der Waals surface area (Å²) in [4.78, 5) is 22.2. The molecule has 2 aromatic rings. The van der Waals surface area contributed by atoms with E-state index in [-0.39, 0.29) is 5.56 Å². The lowest BCUT2D eigenvalue weighted by Gasteiger charge is -2.38. The monoisotopic (exact) mass is 372 g/mol. The van der Waals surface area contributed by atoms with E-state index in [1.54, 1.807) is 18.8 Å². The summed E-state index contributed by atoms with van der Waals surface area (Å²) < 4.78 is 12.5. The number of hydrogen-bond acceptors (Lipinski definition) is 6. The molecule has 0 N–H and O–H groups in total. The Morgan fingerprint density at radius 1 is 1.19 bits per heavy atom. The topological polar surface area (TPSA) is 59.8 Å². The van der Waals surface area contributed by atoms with Crippen LogP contribution in [0.3, 0.4) is 0 Å². The predicted octanol–water partition coefficient (Wildman–Crippen LogP) is 2.53. The van der Waals surface area contributed by atoms with Crippen molar-refractivity contribution in [3.63, 3.8) is 0 Å². The van der Waals surface area contributed by atoms with Gasteiger partial charge in [-0.15, -0.1) is 0 Å². The van der Waals surface area contributed by atoms with E-state index in [4.69, 9.17) is 14.5 Å². The molecule has 7 heteroatoms. The van der Waals surface area contributed by atoms with Crippen LogP contribution in [-0.4, -0.2) is 48.5 Å². The van der Waals surface area contributed by atoms with Crippen molar-refractivity contribution in [1.82, 2.24) is 14.5 Å². The SMILES string of the molecule is CCc1c(C)nc2n(c1=O)CN(CCCOC)CN2c1ccccc1OC. The molecule has 0 atom stereocenters. The number of ether oxygens (including phenoxy) is 2. The maximum atomic E-state index is 13.1. The minimum absolute atomic E-state index is 0.0383. The maximum absolute atomic E-state index is 13.1. The van der Waals surface area contributed by atoms with Crippen molar-refractivity contribution in [3.05, 3.63) is 45.9 Å². The van der Waals surface area contributed by atoms with E-state index >= 15 is 0 Å². The van der Waals surface area contributed by atoms with Crippen molar-refractivity contribution < 1.29 is 9.47 Å². The van der Waals surface area contributed by atoms with Gasteiger partial charge < -0.3 is 9.47 Å². The van der Waals surface area contributed by atoms with E-state index in [9.17, 15) is 4.79 Å². The number of aromatic nitrogens is 2. The average Bonchev–Trinajstić information content (AvgIpc) is 2.68. The fourth-order valence-electron chi connectivity index (χ4n) is 3.55. The Labute approximate surface area is 160 Å². The molecule has 0 aliphatic carbocycles. The fourth-order valence-corrected chi connectivity index (χ4v) is 3.55. The predicted molar refractivity (Wildman–Crippen MR) is 106 cm³/mol. The highest BCUT2D eigenvalue weighted by atomic mass is 16.5. The molecule has 27 heavy (non-hydrogen) atoms. The van der Waals surface area contributed by atoms with Crippen molar-refractivity contribution in [3.8, 4) is 5.75 Å². The second kappa shape index (κ2) is 8.54. The number of aryl methyl sites for hydroxylation is 1. The number of anilines is 2. The van der Waals surface area contributed by atoms with Gasteiger partial charge in [-0.25, -0.2) is 4.98 Å². The van der Waals surface area contributed by atoms with Gasteiger partial charge in [-0.05, 0) is 31.9 Å². The van der Waals surface area contributed by atoms with Crippen LogP contribution < -0.4 is 15.2 Å². The van der Waals surface area contributed by atoms with Gasteiger partial charge >= 0.3 is 0 Å². The molecule has 0 radical (unpaired) electrons. The van der Waals surface area contributed by atoms with Gasteiger partial charge in [0.1, 0.15) is 5.75 Å². The zero-order chi connectivity index (χ0) is 19.4. The summed E-state index contributed by atoms with van der Waals surface area (Å²) in [5, 5.41) is 0. The molecule has 0 unspecified atom stereocenters. The zero-order valence-corrected chi connectivity index (χ0v) is 16.6. The van der Waals surface area contributed by atoms with Crippen molar-refractivity contribution in [2.45, 2.75) is 33.4 Å². The molecule has 2 heterocycles. The van der Waals surface area contributed by atoms with Crippen LogP contribution in [0.2, 0.25) is 0 Å². The van der Waals surface area contributed by atoms with Crippen LogP contribution in [0.1, 0.15) is 24.6 Å². The summed E-state index contributed by atoms with van der Waals surface area (Å²) in [5.41, 5.74) is 2.51. The maximum Gasteiger partial charge on any atom is 0.259 e. The highest BCUT2D eigenvalue weighted by molar-refractivity contribution is 5.66. The molecule has 1 aliphatic heterocycles. The number of fused-ring (bicyclic) bond motifs is 1. The molecule has 0 saturated heterocycles. The Morgan fingerprint density at radius 3 is 2.67 bits per heavy atom. The Bertz CT molecular complexity index is 850. The second-order valence-electron chi connectivity index (χ2n) is 6.69. The Hall–Kier alpha value is -2.38. The van der Waals surface area contributed by atoms with Gasteiger partial charge in [0.15, 0.2) is 0 Å². The molecule has 0 saturated carbocycles. The summed E-state index contributed by atoms with van der Waals surface area (Å²) in [6, 6.07) is 7.83. The number of benzene rings is 1. The molecule has 0 bridgehead atoms. The first-order chi connectivity index (χ1) is 13.1. The van der Waals surface area contributed by atoms with Gasteiger partial charge in [-0.1, -0.05) is 19.1 Å². The van der Waals surface area contributed by atoms with Crippen molar-refractivity contribution in [2.24, 2.45) is 0 Å². The summed E-state index contributed by atoms with van der Waals surface area (Å²) in [7, 11) is 3.36. The standard InChI is InChI=1S/C20H28N4O3/c1-5-16-15(2)21-20-23(17-9-6-7-10-18(17)27-4)13-22(11-8-12-26-3)14-24(20)19(16)25/h6-7,9-10H,5,8,11-14H2,1-4H3.